The van der Waals surface area contributed by atoms with Gasteiger partial charge in [0.25, 0.3) is 11.6 Å². The second-order valence-corrected chi connectivity index (χ2v) is 9.02. The average molecular weight is 483 g/mol. The van der Waals surface area contributed by atoms with E-state index in [0.717, 1.165) is 49.0 Å². The molecule has 2 heterocycles. The molecule has 0 saturated carbocycles. The fourth-order valence-corrected chi connectivity index (χ4v) is 4.83. The zero-order chi connectivity index (χ0) is 24.1. The van der Waals surface area contributed by atoms with E-state index in [1.165, 1.54) is 12.4 Å². The molecule has 1 amide bonds. The van der Waals surface area contributed by atoms with Crippen LogP contribution in [-0.2, 0) is 7.05 Å². The second kappa shape index (κ2) is 10.7. The van der Waals surface area contributed by atoms with Gasteiger partial charge in [0.2, 0.25) is 0 Å². The van der Waals surface area contributed by atoms with Gasteiger partial charge in [0, 0.05) is 25.2 Å². The normalized spacial score (nSPS) is 14.6. The highest BCUT2D eigenvalue weighted by Crippen LogP contribution is 2.34. The maximum absolute atomic E-state index is 12.9. The van der Waals surface area contributed by atoms with Crippen LogP contribution in [0.5, 0.6) is 5.75 Å². The molecule has 1 N–H and O–H groups in total. The molecule has 2 aromatic carbocycles. The van der Waals surface area contributed by atoms with Crippen LogP contribution in [-0.4, -0.2) is 57.2 Å². The molecular formula is C23H26N6O4S. The molecule has 10 nitrogen and oxygen atoms in total. The van der Waals surface area contributed by atoms with E-state index in [1.807, 2.05) is 24.3 Å². The molecule has 34 heavy (non-hydrogen) atoms. The lowest BCUT2D eigenvalue weighted by Crippen LogP contribution is -2.36. The zero-order valence-corrected chi connectivity index (χ0v) is 19.8. The predicted molar refractivity (Wildman–Crippen MR) is 127 cm³/mol. The minimum atomic E-state index is -0.486. The Morgan fingerprint density at radius 1 is 1.24 bits per heavy atom. The maximum Gasteiger partial charge on any atom is 0.284 e. The first-order valence-electron chi connectivity index (χ1n) is 10.9. The molecular weight excluding hydrogens is 456 g/mol. The number of aromatic nitrogens is 3. The van der Waals surface area contributed by atoms with Crippen molar-refractivity contribution in [3.63, 3.8) is 0 Å². The van der Waals surface area contributed by atoms with Gasteiger partial charge < -0.3 is 14.6 Å². The number of methoxy groups -OCH3 is 1. The number of nitrogens with one attached hydrogen (secondary N) is 1. The number of likely N-dealkylation sites (tertiary alicyclic amines) is 1. The van der Waals surface area contributed by atoms with Gasteiger partial charge in [-0.3, -0.25) is 19.8 Å². The van der Waals surface area contributed by atoms with Gasteiger partial charge >= 0.3 is 0 Å². The lowest BCUT2D eigenvalue weighted by Gasteiger charge is -2.28. The van der Waals surface area contributed by atoms with Gasteiger partial charge in [-0.25, -0.2) is 0 Å². The van der Waals surface area contributed by atoms with Crippen LogP contribution < -0.4 is 10.1 Å². The molecule has 0 aliphatic carbocycles. The van der Waals surface area contributed by atoms with Crippen molar-refractivity contribution in [2.45, 2.75) is 28.9 Å². The van der Waals surface area contributed by atoms with Gasteiger partial charge in [-0.05, 0) is 67.5 Å². The Balaban J connectivity index is 1.50. The summed E-state index contributed by atoms with van der Waals surface area (Å²) in [5.41, 5.74) is 1.18. The van der Waals surface area contributed by atoms with Crippen molar-refractivity contribution in [2.24, 2.45) is 7.05 Å². The van der Waals surface area contributed by atoms with Crippen LogP contribution in [0.2, 0.25) is 0 Å². The summed E-state index contributed by atoms with van der Waals surface area (Å²) in [6, 6.07) is 12.3. The first kappa shape index (κ1) is 23.7. The first-order valence-corrected chi connectivity index (χ1v) is 11.7. The molecule has 0 radical (unpaired) electrons. The number of carbonyl (C=O) groups is 1. The summed E-state index contributed by atoms with van der Waals surface area (Å²) >= 11 is 1.13. The standard InChI is InChI=1S/C23H26N6O4S/c1-27-15-25-26-23(27)34-21-10-7-17(13-19(21)29(31)32)22(30)24-14-20(28-11-3-4-12-28)16-5-8-18(33-2)9-6-16/h5-10,13,15,20H,3-4,11-12,14H2,1-2H3,(H,24,30)/t20-/m0/s1. The molecule has 178 valence electrons. The number of amides is 1. The van der Waals surface area contributed by atoms with Crippen molar-refractivity contribution in [3.05, 3.63) is 70.0 Å². The summed E-state index contributed by atoms with van der Waals surface area (Å²) in [5, 5.41) is 22.9. The number of nitrogens with zero attached hydrogens (tertiary/aromatic N) is 5. The Morgan fingerprint density at radius 2 is 1.97 bits per heavy atom. The Morgan fingerprint density at radius 3 is 2.59 bits per heavy atom. The molecule has 1 fully saturated rings. The highest BCUT2D eigenvalue weighted by molar-refractivity contribution is 7.99. The van der Waals surface area contributed by atoms with Gasteiger partial charge in [-0.1, -0.05) is 12.1 Å². The number of rotatable bonds is 9. The van der Waals surface area contributed by atoms with E-state index < -0.39 is 4.92 Å². The smallest absolute Gasteiger partial charge is 0.284 e. The highest BCUT2D eigenvalue weighted by atomic mass is 32.2. The minimum Gasteiger partial charge on any atom is -0.497 e. The summed E-state index contributed by atoms with van der Waals surface area (Å²) in [6.45, 7) is 2.33. The third-order valence-corrected chi connectivity index (χ3v) is 6.94. The number of benzene rings is 2. The number of hydrogen-bond donors (Lipinski definition) is 1. The van der Waals surface area contributed by atoms with E-state index in [1.54, 1.807) is 30.9 Å². The molecule has 0 unspecified atom stereocenters. The van der Waals surface area contributed by atoms with Crippen molar-refractivity contribution in [1.82, 2.24) is 25.0 Å². The highest BCUT2D eigenvalue weighted by Gasteiger charge is 2.25. The number of hydrogen-bond acceptors (Lipinski definition) is 8. The third kappa shape index (κ3) is 5.37. The molecule has 1 aliphatic rings. The fraction of sp³-hybridized carbons (Fsp3) is 0.348. The van der Waals surface area contributed by atoms with Gasteiger partial charge in [-0.15, -0.1) is 10.2 Å². The summed E-state index contributed by atoms with van der Waals surface area (Å²) in [5.74, 6) is 0.426. The van der Waals surface area contributed by atoms with Crippen LogP contribution >= 0.6 is 11.8 Å². The van der Waals surface area contributed by atoms with Crippen molar-refractivity contribution < 1.29 is 14.5 Å². The molecule has 0 spiro atoms. The van der Waals surface area contributed by atoms with E-state index in [2.05, 4.69) is 20.4 Å². The Labute approximate surface area is 201 Å². The lowest BCUT2D eigenvalue weighted by atomic mass is 10.0. The van der Waals surface area contributed by atoms with Gasteiger partial charge in [-0.2, -0.15) is 0 Å². The van der Waals surface area contributed by atoms with Crippen LogP contribution in [0.25, 0.3) is 0 Å². The average Bonchev–Trinajstić information content (AvgIpc) is 3.52. The monoisotopic (exact) mass is 482 g/mol. The number of aryl methyl sites for hydroxylation is 1. The predicted octanol–water partition coefficient (Wildman–Crippen LogP) is 3.45. The summed E-state index contributed by atoms with van der Waals surface area (Å²) in [7, 11) is 3.39. The van der Waals surface area contributed by atoms with Gasteiger partial charge in [0.1, 0.15) is 12.1 Å². The van der Waals surface area contributed by atoms with Crippen LogP contribution in [0.4, 0.5) is 5.69 Å². The molecule has 1 aliphatic heterocycles. The minimum absolute atomic E-state index is 0.0121. The number of nitro benzene ring substituents is 1. The number of carbonyl (C=O) groups excluding carboxylic acids is 1. The molecule has 0 bridgehead atoms. The first-order chi connectivity index (χ1) is 16.5. The van der Waals surface area contributed by atoms with Gasteiger partial charge in [0.15, 0.2) is 5.16 Å². The SMILES string of the molecule is COc1ccc([C@H](CNC(=O)c2ccc(Sc3nncn3C)c([N+](=O)[O-])c2)N2CCCC2)cc1. The van der Waals surface area contributed by atoms with Crippen molar-refractivity contribution in [2.75, 3.05) is 26.7 Å². The molecule has 1 atom stereocenters. The van der Waals surface area contributed by atoms with E-state index in [4.69, 9.17) is 4.74 Å². The Hall–Kier alpha value is -3.44. The summed E-state index contributed by atoms with van der Waals surface area (Å²) in [4.78, 5) is 26.9. The zero-order valence-electron chi connectivity index (χ0n) is 19.0. The van der Waals surface area contributed by atoms with Crippen LogP contribution in [0.1, 0.15) is 34.8 Å². The Bertz CT molecular complexity index is 1160. The van der Waals surface area contributed by atoms with Crippen LogP contribution in [0, 0.1) is 10.1 Å². The van der Waals surface area contributed by atoms with Crippen molar-refractivity contribution in [1.29, 1.82) is 0 Å². The van der Waals surface area contributed by atoms with E-state index in [0.29, 0.717) is 16.6 Å². The molecule has 11 heteroatoms. The molecule has 1 aromatic heterocycles. The van der Waals surface area contributed by atoms with Crippen molar-refractivity contribution in [3.8, 4) is 5.75 Å². The topological polar surface area (TPSA) is 115 Å². The third-order valence-electron chi connectivity index (χ3n) is 5.83. The lowest BCUT2D eigenvalue weighted by molar-refractivity contribution is -0.387. The quantitative estimate of drug-likeness (QED) is 0.364. The van der Waals surface area contributed by atoms with E-state index in [-0.39, 0.29) is 23.2 Å². The van der Waals surface area contributed by atoms with E-state index >= 15 is 0 Å². The molecule has 3 aromatic rings. The van der Waals surface area contributed by atoms with Crippen LogP contribution in [0.15, 0.2) is 58.8 Å². The molecule has 4 rings (SSSR count). The number of ether oxygens (including phenoxy) is 1. The number of nitro groups is 1. The summed E-state index contributed by atoms with van der Waals surface area (Å²) in [6.07, 6.45) is 3.77. The summed E-state index contributed by atoms with van der Waals surface area (Å²) < 4.78 is 6.93. The van der Waals surface area contributed by atoms with Crippen molar-refractivity contribution >= 4 is 23.4 Å². The fourth-order valence-electron chi connectivity index (χ4n) is 3.98. The van der Waals surface area contributed by atoms with Crippen LogP contribution in [0.3, 0.4) is 0 Å². The largest absolute Gasteiger partial charge is 0.497 e. The van der Waals surface area contributed by atoms with E-state index in [9.17, 15) is 14.9 Å². The maximum atomic E-state index is 12.9. The van der Waals surface area contributed by atoms with Gasteiger partial charge in [0.05, 0.1) is 23.0 Å². The Kier molecular flexibility index (Phi) is 7.43. The second-order valence-electron chi connectivity index (χ2n) is 8.01. The molecule has 1 saturated heterocycles.